The number of hydrogen-bond acceptors (Lipinski definition) is 7. The van der Waals surface area contributed by atoms with Crippen LogP contribution in [0, 0.1) is 0 Å². The number of hydrogen-bond donors (Lipinski definition) is 1. The Morgan fingerprint density at radius 3 is 2.15 bits per heavy atom. The lowest BCUT2D eigenvalue weighted by atomic mass is 10.0. The Morgan fingerprint density at radius 2 is 1.52 bits per heavy atom. The molecule has 0 bridgehead atoms. The molecule has 3 aromatic carbocycles. The average Bonchev–Trinajstić information content (AvgIpc) is 2.83. The number of carbonyl (C=O) groups excluding carboxylic acids is 1. The van der Waals surface area contributed by atoms with E-state index in [0.29, 0.717) is 16.9 Å². The Morgan fingerprint density at radius 1 is 0.879 bits per heavy atom. The number of fused-ring (bicyclic) bond motifs is 1. The van der Waals surface area contributed by atoms with Crippen molar-refractivity contribution in [2.75, 3.05) is 18.9 Å². The van der Waals surface area contributed by atoms with Gasteiger partial charge in [-0.3, -0.25) is 9.52 Å². The van der Waals surface area contributed by atoms with Crippen LogP contribution in [0.1, 0.15) is 15.9 Å². The summed E-state index contributed by atoms with van der Waals surface area (Å²) >= 11 is 0. The van der Waals surface area contributed by atoms with Crippen molar-refractivity contribution in [2.24, 2.45) is 0 Å². The van der Waals surface area contributed by atoms with Gasteiger partial charge >= 0.3 is 5.63 Å². The maximum Gasteiger partial charge on any atom is 0.347 e. The quantitative estimate of drug-likeness (QED) is 0.326. The molecule has 0 saturated carbocycles. The fourth-order valence-electron chi connectivity index (χ4n) is 3.26. The van der Waals surface area contributed by atoms with Crippen molar-refractivity contribution in [3.05, 3.63) is 94.3 Å². The Labute approximate surface area is 189 Å². The molecule has 1 N–H and O–H groups in total. The number of sulfonamides is 1. The first-order chi connectivity index (χ1) is 15.8. The number of methoxy groups -OCH3 is 2. The van der Waals surface area contributed by atoms with Gasteiger partial charge in [-0.05, 0) is 48.5 Å². The summed E-state index contributed by atoms with van der Waals surface area (Å²) in [6.07, 6.45) is 0. The van der Waals surface area contributed by atoms with Gasteiger partial charge in [0.25, 0.3) is 10.0 Å². The zero-order chi connectivity index (χ0) is 23.6. The number of anilines is 1. The molecule has 4 aromatic rings. The normalized spacial score (nSPS) is 11.2. The Balaban J connectivity index is 1.63. The van der Waals surface area contributed by atoms with Crippen LogP contribution in [0.15, 0.2) is 86.9 Å². The molecule has 0 aliphatic carbocycles. The third kappa shape index (κ3) is 4.44. The number of rotatable bonds is 7. The van der Waals surface area contributed by atoms with Crippen molar-refractivity contribution in [2.45, 2.75) is 4.90 Å². The van der Waals surface area contributed by atoms with Crippen LogP contribution in [0.3, 0.4) is 0 Å². The molecule has 4 rings (SSSR count). The van der Waals surface area contributed by atoms with Crippen LogP contribution in [0.4, 0.5) is 5.69 Å². The molecule has 8 nitrogen and oxygen atoms in total. The van der Waals surface area contributed by atoms with Gasteiger partial charge in [-0.15, -0.1) is 0 Å². The SMILES string of the molecule is COc1cc2cc(C(=O)c3ccc(NS(=O)(=O)c4ccccc4)cc3)c(=O)oc2cc1OC. The molecule has 1 aromatic heterocycles. The van der Waals surface area contributed by atoms with Crippen LogP contribution in [0.25, 0.3) is 11.0 Å². The number of carbonyl (C=O) groups is 1. The first kappa shape index (κ1) is 22.1. The fraction of sp³-hybridized carbons (Fsp3) is 0.0833. The van der Waals surface area contributed by atoms with Gasteiger partial charge < -0.3 is 13.9 Å². The zero-order valence-electron chi connectivity index (χ0n) is 17.7. The maximum absolute atomic E-state index is 13.0. The molecule has 0 radical (unpaired) electrons. The molecule has 0 aliphatic heterocycles. The standard InChI is InChI=1S/C24H19NO7S/c1-30-21-13-16-12-19(24(27)32-20(16)14-22(21)31-2)23(26)15-8-10-17(11-9-15)25-33(28,29)18-6-4-3-5-7-18/h3-14,25H,1-2H3. The smallest absolute Gasteiger partial charge is 0.347 e. The van der Waals surface area contributed by atoms with Crippen LogP contribution in [-0.2, 0) is 10.0 Å². The number of ketones is 1. The molecule has 0 unspecified atom stereocenters. The van der Waals surface area contributed by atoms with Crippen molar-refractivity contribution in [1.82, 2.24) is 0 Å². The molecule has 0 aliphatic rings. The molecule has 168 valence electrons. The summed E-state index contributed by atoms with van der Waals surface area (Å²) in [6, 6.07) is 18.2. The predicted molar refractivity (Wildman–Crippen MR) is 123 cm³/mol. The van der Waals surface area contributed by atoms with E-state index >= 15 is 0 Å². The van der Waals surface area contributed by atoms with Crippen LogP contribution in [0.2, 0.25) is 0 Å². The molecule has 1 heterocycles. The summed E-state index contributed by atoms with van der Waals surface area (Å²) in [5.41, 5.74) is -0.233. The summed E-state index contributed by atoms with van der Waals surface area (Å²) in [7, 11) is -0.828. The summed E-state index contributed by atoms with van der Waals surface area (Å²) in [4.78, 5) is 25.5. The summed E-state index contributed by atoms with van der Waals surface area (Å²) < 4.78 is 43.1. The van der Waals surface area contributed by atoms with Crippen LogP contribution >= 0.6 is 0 Å². The lowest BCUT2D eigenvalue weighted by molar-refractivity contribution is 0.103. The minimum Gasteiger partial charge on any atom is -0.493 e. The van der Waals surface area contributed by atoms with E-state index in [1.807, 2.05) is 0 Å². The van der Waals surface area contributed by atoms with Crippen molar-refractivity contribution in [1.29, 1.82) is 0 Å². The molecule has 0 amide bonds. The highest BCUT2D eigenvalue weighted by molar-refractivity contribution is 7.92. The topological polar surface area (TPSA) is 112 Å². The highest BCUT2D eigenvalue weighted by Crippen LogP contribution is 2.32. The lowest BCUT2D eigenvalue weighted by Gasteiger charge is -2.10. The van der Waals surface area contributed by atoms with E-state index < -0.39 is 21.4 Å². The van der Waals surface area contributed by atoms with Crippen LogP contribution in [-0.4, -0.2) is 28.4 Å². The van der Waals surface area contributed by atoms with Gasteiger partial charge in [0.2, 0.25) is 0 Å². The van der Waals surface area contributed by atoms with Gasteiger partial charge in [0.15, 0.2) is 17.3 Å². The van der Waals surface area contributed by atoms with E-state index in [4.69, 9.17) is 13.9 Å². The molecule has 0 spiro atoms. The predicted octanol–water partition coefficient (Wildman–Crippen LogP) is 3.84. The van der Waals surface area contributed by atoms with Crippen molar-refractivity contribution < 1.29 is 27.1 Å². The summed E-state index contributed by atoms with van der Waals surface area (Å²) in [5.74, 6) is 0.256. The number of benzene rings is 3. The molecular weight excluding hydrogens is 446 g/mol. The Hall–Kier alpha value is -4.11. The van der Waals surface area contributed by atoms with Gasteiger partial charge in [-0.1, -0.05) is 18.2 Å². The molecule has 0 atom stereocenters. The number of nitrogens with one attached hydrogen (secondary N) is 1. The Kier molecular flexibility index (Phi) is 5.89. The molecule has 9 heteroatoms. The monoisotopic (exact) mass is 465 g/mol. The van der Waals surface area contributed by atoms with Crippen molar-refractivity contribution in [3.8, 4) is 11.5 Å². The van der Waals surface area contributed by atoms with Crippen molar-refractivity contribution in [3.63, 3.8) is 0 Å². The van der Waals surface area contributed by atoms with E-state index in [9.17, 15) is 18.0 Å². The molecule has 33 heavy (non-hydrogen) atoms. The second-order valence-electron chi connectivity index (χ2n) is 7.02. The third-order valence-electron chi connectivity index (χ3n) is 4.94. The first-order valence-corrected chi connectivity index (χ1v) is 11.2. The molecule has 0 saturated heterocycles. The highest BCUT2D eigenvalue weighted by atomic mass is 32.2. The van der Waals surface area contributed by atoms with Gasteiger partial charge in [0, 0.05) is 22.7 Å². The summed E-state index contributed by atoms with van der Waals surface area (Å²) in [5, 5.41) is 0.489. The van der Waals surface area contributed by atoms with Gasteiger partial charge in [-0.2, -0.15) is 0 Å². The van der Waals surface area contributed by atoms with E-state index in [2.05, 4.69) is 4.72 Å². The van der Waals surface area contributed by atoms with E-state index in [-0.39, 0.29) is 27.3 Å². The molecule has 0 fully saturated rings. The summed E-state index contributed by atoms with van der Waals surface area (Å²) in [6.45, 7) is 0. The maximum atomic E-state index is 13.0. The minimum atomic E-state index is -3.76. The highest BCUT2D eigenvalue weighted by Gasteiger charge is 2.18. The molecular formula is C24H19NO7S. The van der Waals surface area contributed by atoms with E-state index in [1.54, 1.807) is 24.3 Å². The van der Waals surface area contributed by atoms with Crippen molar-refractivity contribution >= 4 is 32.5 Å². The zero-order valence-corrected chi connectivity index (χ0v) is 18.5. The Bertz CT molecular complexity index is 1490. The second-order valence-corrected chi connectivity index (χ2v) is 8.70. The first-order valence-electron chi connectivity index (χ1n) is 9.75. The average molecular weight is 465 g/mol. The van der Waals surface area contributed by atoms with Crippen LogP contribution in [0.5, 0.6) is 11.5 Å². The third-order valence-corrected chi connectivity index (χ3v) is 6.33. The number of ether oxygens (including phenoxy) is 2. The minimum absolute atomic E-state index is 0.117. The van der Waals surface area contributed by atoms with E-state index in [0.717, 1.165) is 0 Å². The fourth-order valence-corrected chi connectivity index (χ4v) is 4.34. The van der Waals surface area contributed by atoms with Gasteiger partial charge in [0.05, 0.1) is 19.1 Å². The second kappa shape index (κ2) is 8.79. The van der Waals surface area contributed by atoms with E-state index in [1.165, 1.54) is 62.8 Å². The lowest BCUT2D eigenvalue weighted by Crippen LogP contribution is -2.15. The van der Waals surface area contributed by atoms with Crippen LogP contribution < -0.4 is 19.8 Å². The van der Waals surface area contributed by atoms with Gasteiger partial charge in [0.1, 0.15) is 11.1 Å². The van der Waals surface area contributed by atoms with Gasteiger partial charge in [-0.25, -0.2) is 13.2 Å². The largest absolute Gasteiger partial charge is 0.493 e.